The van der Waals surface area contributed by atoms with Gasteiger partial charge in [0, 0.05) is 6.04 Å². The molecule has 0 saturated heterocycles. The van der Waals surface area contributed by atoms with Crippen molar-refractivity contribution in [3.63, 3.8) is 0 Å². The fourth-order valence-corrected chi connectivity index (χ4v) is 4.04. The third-order valence-corrected chi connectivity index (χ3v) is 5.64. The Kier molecular flexibility index (Phi) is 7.02. The number of hydrogen-bond donors (Lipinski definition) is 1. The van der Waals surface area contributed by atoms with Crippen molar-refractivity contribution in [2.45, 2.75) is 45.6 Å². The predicted octanol–water partition coefficient (Wildman–Crippen LogP) is 3.97. The minimum Gasteiger partial charge on any atom is -0.462 e. The molecule has 2 aromatic carbocycles. The van der Waals surface area contributed by atoms with E-state index in [0.29, 0.717) is 13.0 Å². The first-order chi connectivity index (χ1) is 16.1. The molecule has 0 radical (unpaired) electrons. The monoisotopic (exact) mass is 451 g/mol. The number of carbonyl (C=O) groups excluding carboxylic acids is 2. The van der Waals surface area contributed by atoms with Crippen molar-refractivity contribution in [2.24, 2.45) is 0 Å². The molecule has 1 amide bonds. The molecule has 0 bridgehead atoms. The first-order valence-electron chi connectivity index (χ1n) is 10.9. The van der Waals surface area contributed by atoms with Gasteiger partial charge in [-0.2, -0.15) is 5.10 Å². The van der Waals surface area contributed by atoms with Gasteiger partial charge in [-0.15, -0.1) is 0 Å². The van der Waals surface area contributed by atoms with E-state index in [1.165, 1.54) is 10.9 Å². The second kappa shape index (κ2) is 10.3. The number of halogens is 1. The number of aromatic nitrogens is 2. The number of rotatable bonds is 8. The van der Waals surface area contributed by atoms with E-state index >= 15 is 0 Å². The Balaban J connectivity index is 1.36. The first-order valence-corrected chi connectivity index (χ1v) is 10.9. The molecule has 1 heterocycles. The van der Waals surface area contributed by atoms with Crippen LogP contribution in [0.4, 0.5) is 9.18 Å². The molecule has 0 unspecified atom stereocenters. The Morgan fingerprint density at radius 1 is 1.09 bits per heavy atom. The van der Waals surface area contributed by atoms with Gasteiger partial charge in [-0.1, -0.05) is 48.5 Å². The molecular formula is C25H26FN3O4. The summed E-state index contributed by atoms with van der Waals surface area (Å²) >= 11 is 0. The lowest BCUT2D eigenvalue weighted by Crippen LogP contribution is -2.35. The number of nitrogens with one attached hydrogen (secondary N) is 1. The highest BCUT2D eigenvalue weighted by atomic mass is 19.1. The highest BCUT2D eigenvalue weighted by Crippen LogP contribution is 2.24. The lowest BCUT2D eigenvalue weighted by molar-refractivity contribution is 0.0523. The average molecular weight is 451 g/mol. The summed E-state index contributed by atoms with van der Waals surface area (Å²) in [5.41, 5.74) is 4.51. The summed E-state index contributed by atoms with van der Waals surface area (Å²) in [6, 6.07) is 15.5. The maximum atomic E-state index is 13.6. The van der Waals surface area contributed by atoms with E-state index in [0.717, 1.165) is 28.7 Å². The molecule has 1 aliphatic rings. The zero-order valence-corrected chi connectivity index (χ0v) is 18.4. The van der Waals surface area contributed by atoms with Gasteiger partial charge < -0.3 is 14.8 Å². The van der Waals surface area contributed by atoms with Gasteiger partial charge in [-0.25, -0.2) is 14.0 Å². The molecule has 1 atom stereocenters. The predicted molar refractivity (Wildman–Crippen MR) is 119 cm³/mol. The van der Waals surface area contributed by atoms with Crippen LogP contribution in [0.3, 0.4) is 0 Å². The number of alkyl halides is 1. The van der Waals surface area contributed by atoms with Gasteiger partial charge >= 0.3 is 12.1 Å². The van der Waals surface area contributed by atoms with Crippen molar-refractivity contribution < 1.29 is 23.5 Å². The third-order valence-electron chi connectivity index (χ3n) is 5.64. The van der Waals surface area contributed by atoms with Gasteiger partial charge in [-0.05, 0) is 42.0 Å². The van der Waals surface area contributed by atoms with E-state index in [9.17, 15) is 14.0 Å². The molecular weight excluding hydrogens is 425 g/mol. The van der Waals surface area contributed by atoms with Gasteiger partial charge in [-0.3, -0.25) is 4.68 Å². The van der Waals surface area contributed by atoms with Crippen molar-refractivity contribution in [2.75, 3.05) is 6.61 Å². The molecule has 1 N–H and O–H groups in total. The van der Waals surface area contributed by atoms with Gasteiger partial charge in [0.25, 0.3) is 0 Å². The fraction of sp³-hybridized carbons (Fsp3) is 0.320. The van der Waals surface area contributed by atoms with E-state index in [4.69, 9.17) is 9.47 Å². The molecule has 4 rings (SSSR count). The van der Waals surface area contributed by atoms with E-state index in [-0.39, 0.29) is 30.5 Å². The molecule has 8 heteroatoms. The molecule has 1 aromatic heterocycles. The molecule has 0 aliphatic heterocycles. The summed E-state index contributed by atoms with van der Waals surface area (Å²) < 4.78 is 25.4. The standard InChI is InChI=1S/C25H26FN3O4/c1-2-32-24(30)22-14-27-29(23(22)13-26)15-18-8-9-19-11-21(12-20(19)10-18)28-25(31)33-16-17-6-4-3-5-7-17/h3-10,14,21H,2,11-13,15-16H2,1H3,(H,28,31)/t21-/m0/s1. The highest BCUT2D eigenvalue weighted by Gasteiger charge is 2.24. The largest absolute Gasteiger partial charge is 0.462 e. The summed E-state index contributed by atoms with van der Waals surface area (Å²) in [7, 11) is 0. The molecule has 33 heavy (non-hydrogen) atoms. The number of fused-ring (bicyclic) bond motifs is 1. The highest BCUT2D eigenvalue weighted by molar-refractivity contribution is 5.90. The van der Waals surface area contributed by atoms with Crippen LogP contribution in [0.15, 0.2) is 54.7 Å². The lowest BCUT2D eigenvalue weighted by atomic mass is 10.1. The van der Waals surface area contributed by atoms with Crippen LogP contribution in [-0.2, 0) is 42.1 Å². The Hall–Kier alpha value is -3.68. The van der Waals surface area contributed by atoms with Crippen LogP contribution in [0.5, 0.6) is 0 Å². The number of carbonyl (C=O) groups is 2. The number of esters is 1. The second-order valence-corrected chi connectivity index (χ2v) is 7.93. The molecule has 0 fully saturated rings. The minimum atomic E-state index is -0.809. The number of amides is 1. The smallest absolute Gasteiger partial charge is 0.407 e. The first kappa shape index (κ1) is 22.5. The number of nitrogens with zero attached hydrogens (tertiary/aromatic N) is 2. The summed E-state index contributed by atoms with van der Waals surface area (Å²) in [5.74, 6) is -0.571. The number of alkyl carbamates (subject to hydrolysis) is 1. The number of hydrogen-bond acceptors (Lipinski definition) is 5. The van der Waals surface area contributed by atoms with E-state index in [2.05, 4.69) is 10.4 Å². The topological polar surface area (TPSA) is 82.5 Å². The Morgan fingerprint density at radius 2 is 1.88 bits per heavy atom. The molecule has 172 valence electrons. The van der Waals surface area contributed by atoms with Gasteiger partial charge in [0.1, 0.15) is 18.8 Å². The van der Waals surface area contributed by atoms with Crippen molar-refractivity contribution in [3.05, 3.63) is 88.2 Å². The zero-order valence-electron chi connectivity index (χ0n) is 18.4. The zero-order chi connectivity index (χ0) is 23.2. The normalized spacial score (nSPS) is 14.5. The van der Waals surface area contributed by atoms with Crippen LogP contribution >= 0.6 is 0 Å². The Labute approximate surface area is 191 Å². The fourth-order valence-electron chi connectivity index (χ4n) is 4.04. The second-order valence-electron chi connectivity index (χ2n) is 7.93. The van der Waals surface area contributed by atoms with Crippen LogP contribution in [0.25, 0.3) is 0 Å². The summed E-state index contributed by atoms with van der Waals surface area (Å²) in [6.45, 7) is 1.67. The van der Waals surface area contributed by atoms with Gasteiger partial charge in [0.05, 0.1) is 25.0 Å². The van der Waals surface area contributed by atoms with E-state index in [1.807, 2.05) is 48.5 Å². The molecule has 3 aromatic rings. The minimum absolute atomic E-state index is 0.0416. The van der Waals surface area contributed by atoms with Crippen molar-refractivity contribution in [1.29, 1.82) is 0 Å². The van der Waals surface area contributed by atoms with Gasteiger partial charge in [0.15, 0.2) is 0 Å². The average Bonchev–Trinajstić information content (AvgIpc) is 3.41. The summed E-state index contributed by atoms with van der Waals surface area (Å²) in [4.78, 5) is 24.2. The molecule has 1 aliphatic carbocycles. The lowest BCUT2D eigenvalue weighted by Gasteiger charge is -2.12. The van der Waals surface area contributed by atoms with Crippen LogP contribution in [0.1, 0.15) is 45.2 Å². The van der Waals surface area contributed by atoms with E-state index < -0.39 is 18.7 Å². The van der Waals surface area contributed by atoms with Crippen LogP contribution < -0.4 is 5.32 Å². The Bertz CT molecular complexity index is 1130. The van der Waals surface area contributed by atoms with Crippen LogP contribution in [-0.4, -0.2) is 34.5 Å². The van der Waals surface area contributed by atoms with Crippen molar-refractivity contribution in [3.8, 4) is 0 Å². The molecule has 7 nitrogen and oxygen atoms in total. The third kappa shape index (κ3) is 5.39. The molecule has 0 saturated carbocycles. The maximum absolute atomic E-state index is 13.6. The summed E-state index contributed by atoms with van der Waals surface area (Å²) in [6.07, 6.45) is 2.32. The maximum Gasteiger partial charge on any atom is 0.407 e. The SMILES string of the molecule is CCOC(=O)c1cnn(Cc2ccc3c(c2)C[C@@H](NC(=O)OCc2ccccc2)C3)c1CF. The van der Waals surface area contributed by atoms with Crippen LogP contribution in [0, 0.1) is 0 Å². The van der Waals surface area contributed by atoms with E-state index in [1.54, 1.807) is 6.92 Å². The quantitative estimate of drug-likeness (QED) is 0.524. The number of ether oxygens (including phenoxy) is 2. The van der Waals surface area contributed by atoms with Crippen LogP contribution in [0.2, 0.25) is 0 Å². The van der Waals surface area contributed by atoms with Gasteiger partial charge in [0.2, 0.25) is 0 Å². The summed E-state index contributed by atoms with van der Waals surface area (Å²) in [5, 5.41) is 7.11. The Morgan fingerprint density at radius 3 is 2.64 bits per heavy atom. The van der Waals surface area contributed by atoms with Crippen molar-refractivity contribution >= 4 is 12.1 Å². The number of benzene rings is 2. The molecule has 0 spiro atoms. The van der Waals surface area contributed by atoms with Crippen molar-refractivity contribution in [1.82, 2.24) is 15.1 Å².